The lowest BCUT2D eigenvalue weighted by Gasteiger charge is -2.29. The first-order valence-electron chi connectivity index (χ1n) is 14.7. The lowest BCUT2D eigenvalue weighted by atomic mass is 9.93. The molecule has 0 bridgehead atoms. The second-order valence-electron chi connectivity index (χ2n) is 11.1. The Hall–Kier alpha value is -4.37. The standard InChI is InChI=1S/C34H25F11O4/c1-2-46-15-17-3-8-30(47-16-17)19-5-7-22(25(36)10-19)18-4-6-23(24(35)9-18)20-11-26(37)31(27(38)12-20)33(41,42)48-21-13-28(39)32(29(40)14-21)49-34(43,44)45/h4-7,9-14,17,30H,2-3,8,15-16H2,1H3. The Bertz CT molecular complexity index is 1770. The molecule has 1 aliphatic heterocycles. The second kappa shape index (κ2) is 14.2. The molecule has 0 amide bonds. The molecular formula is C34H25F11O4. The molecule has 1 saturated heterocycles. The van der Waals surface area contributed by atoms with Crippen LogP contribution in [0.3, 0.4) is 0 Å². The Labute approximate surface area is 272 Å². The van der Waals surface area contributed by atoms with Crippen LogP contribution in [0.2, 0.25) is 0 Å². The second-order valence-corrected chi connectivity index (χ2v) is 11.1. The topological polar surface area (TPSA) is 36.9 Å². The summed E-state index contributed by atoms with van der Waals surface area (Å²) < 4.78 is 173. The van der Waals surface area contributed by atoms with Gasteiger partial charge in [-0.1, -0.05) is 24.3 Å². The molecule has 1 heterocycles. The molecule has 4 nitrogen and oxygen atoms in total. The molecule has 5 rings (SSSR count). The Balaban J connectivity index is 1.33. The molecule has 0 aliphatic carbocycles. The van der Waals surface area contributed by atoms with E-state index >= 15 is 8.78 Å². The predicted molar refractivity (Wildman–Crippen MR) is 153 cm³/mol. The van der Waals surface area contributed by atoms with Gasteiger partial charge < -0.3 is 18.9 Å². The van der Waals surface area contributed by atoms with Crippen LogP contribution in [0.15, 0.2) is 60.7 Å². The molecule has 1 fully saturated rings. The van der Waals surface area contributed by atoms with Crippen LogP contribution in [0.1, 0.15) is 37.0 Å². The van der Waals surface area contributed by atoms with Crippen molar-refractivity contribution >= 4 is 0 Å². The van der Waals surface area contributed by atoms with Gasteiger partial charge in [-0.2, -0.15) is 8.78 Å². The lowest BCUT2D eigenvalue weighted by Crippen LogP contribution is -2.25. The fraction of sp³-hybridized carbons (Fsp3) is 0.294. The fourth-order valence-corrected chi connectivity index (χ4v) is 5.38. The van der Waals surface area contributed by atoms with Gasteiger partial charge in [0.15, 0.2) is 11.6 Å². The van der Waals surface area contributed by atoms with Crippen molar-refractivity contribution in [3.8, 4) is 33.8 Å². The Kier molecular flexibility index (Phi) is 10.4. The van der Waals surface area contributed by atoms with E-state index in [-0.39, 0.29) is 35.3 Å². The maximum Gasteiger partial charge on any atom is 0.573 e. The molecule has 4 aromatic carbocycles. The molecule has 0 spiro atoms. The summed E-state index contributed by atoms with van der Waals surface area (Å²) in [5.74, 6) is -13.1. The van der Waals surface area contributed by atoms with Crippen molar-refractivity contribution in [1.82, 2.24) is 0 Å². The summed E-state index contributed by atoms with van der Waals surface area (Å²) in [5, 5.41) is 0. The largest absolute Gasteiger partial charge is 0.573 e. The highest BCUT2D eigenvalue weighted by molar-refractivity contribution is 5.72. The highest BCUT2D eigenvalue weighted by Crippen LogP contribution is 2.40. The zero-order valence-corrected chi connectivity index (χ0v) is 25.3. The van der Waals surface area contributed by atoms with E-state index in [0.717, 1.165) is 18.6 Å². The van der Waals surface area contributed by atoms with E-state index in [9.17, 15) is 39.5 Å². The number of halogens is 11. The van der Waals surface area contributed by atoms with Gasteiger partial charge in [-0.3, -0.25) is 0 Å². The average Bonchev–Trinajstić information content (AvgIpc) is 3.01. The molecule has 4 aromatic rings. The van der Waals surface area contributed by atoms with Gasteiger partial charge in [0.1, 0.15) is 34.6 Å². The van der Waals surface area contributed by atoms with Gasteiger partial charge in [0, 0.05) is 35.8 Å². The average molecular weight is 707 g/mol. The van der Waals surface area contributed by atoms with Crippen LogP contribution in [-0.2, 0) is 15.6 Å². The van der Waals surface area contributed by atoms with Crippen molar-refractivity contribution in [1.29, 1.82) is 0 Å². The lowest BCUT2D eigenvalue weighted by molar-refractivity contribution is -0.276. The third-order valence-electron chi connectivity index (χ3n) is 7.65. The molecule has 0 saturated carbocycles. The summed E-state index contributed by atoms with van der Waals surface area (Å²) in [7, 11) is 0. The minimum atomic E-state index is -5.52. The van der Waals surface area contributed by atoms with Crippen molar-refractivity contribution in [2.45, 2.75) is 38.3 Å². The molecule has 1 aliphatic rings. The van der Waals surface area contributed by atoms with E-state index in [0.29, 0.717) is 43.9 Å². The van der Waals surface area contributed by atoms with Crippen LogP contribution in [0.4, 0.5) is 48.3 Å². The van der Waals surface area contributed by atoms with Gasteiger partial charge in [-0.15, -0.1) is 13.2 Å². The van der Waals surface area contributed by atoms with Gasteiger partial charge in [0.25, 0.3) is 0 Å². The summed E-state index contributed by atoms with van der Waals surface area (Å²) >= 11 is 0. The summed E-state index contributed by atoms with van der Waals surface area (Å²) in [6, 6.07) is 7.99. The number of hydrogen-bond donors (Lipinski definition) is 0. The minimum absolute atomic E-state index is 0.00889. The van der Waals surface area contributed by atoms with Gasteiger partial charge >= 0.3 is 12.5 Å². The van der Waals surface area contributed by atoms with Gasteiger partial charge in [0.05, 0.1) is 19.3 Å². The first kappa shape index (κ1) is 35.9. The molecule has 262 valence electrons. The number of ether oxygens (including phenoxy) is 4. The normalized spacial score (nSPS) is 16.9. The number of hydrogen-bond acceptors (Lipinski definition) is 4. The van der Waals surface area contributed by atoms with Crippen molar-refractivity contribution in [2.75, 3.05) is 19.8 Å². The van der Waals surface area contributed by atoms with Gasteiger partial charge in [-0.25, -0.2) is 26.3 Å². The van der Waals surface area contributed by atoms with Gasteiger partial charge in [0.2, 0.25) is 5.75 Å². The zero-order valence-electron chi connectivity index (χ0n) is 25.3. The zero-order chi connectivity index (χ0) is 35.7. The number of benzene rings is 4. The highest BCUT2D eigenvalue weighted by atomic mass is 19.4. The monoisotopic (exact) mass is 706 g/mol. The molecule has 15 heteroatoms. The SMILES string of the molecule is CCOCC1CCC(c2ccc(-c3ccc(-c4cc(F)c(C(F)(F)Oc5cc(F)c(OC(F)(F)F)c(F)c5)c(F)c4)c(F)c3)c(F)c2)OC1. The minimum Gasteiger partial charge on any atom is -0.429 e. The fourth-order valence-electron chi connectivity index (χ4n) is 5.38. The van der Waals surface area contributed by atoms with Crippen molar-refractivity contribution in [2.24, 2.45) is 5.92 Å². The van der Waals surface area contributed by atoms with Crippen molar-refractivity contribution in [3.63, 3.8) is 0 Å². The van der Waals surface area contributed by atoms with Crippen LogP contribution in [0.25, 0.3) is 22.3 Å². The van der Waals surface area contributed by atoms with Crippen LogP contribution < -0.4 is 9.47 Å². The maximum atomic E-state index is 15.2. The summed E-state index contributed by atoms with van der Waals surface area (Å²) in [6.07, 6.45) is -9.35. The van der Waals surface area contributed by atoms with E-state index in [1.165, 1.54) is 18.2 Å². The first-order valence-corrected chi connectivity index (χ1v) is 14.7. The van der Waals surface area contributed by atoms with Crippen LogP contribution in [0.5, 0.6) is 11.5 Å². The van der Waals surface area contributed by atoms with Crippen LogP contribution in [0, 0.1) is 40.8 Å². The van der Waals surface area contributed by atoms with E-state index < -0.39 is 75.6 Å². The number of alkyl halides is 5. The third kappa shape index (κ3) is 8.27. The quantitative estimate of drug-likeness (QED) is 0.154. The number of rotatable bonds is 10. The first-order chi connectivity index (χ1) is 23.1. The summed E-state index contributed by atoms with van der Waals surface area (Å²) in [5.41, 5.74) is -2.38. The van der Waals surface area contributed by atoms with Crippen molar-refractivity contribution < 1.29 is 67.2 Å². The molecule has 0 N–H and O–H groups in total. The van der Waals surface area contributed by atoms with Crippen LogP contribution >= 0.6 is 0 Å². The van der Waals surface area contributed by atoms with E-state index in [1.807, 2.05) is 6.92 Å². The smallest absolute Gasteiger partial charge is 0.429 e. The third-order valence-corrected chi connectivity index (χ3v) is 7.65. The Morgan fingerprint density at radius 2 is 1.27 bits per heavy atom. The molecule has 2 unspecified atom stereocenters. The highest BCUT2D eigenvalue weighted by Gasteiger charge is 2.42. The molecule has 0 aromatic heterocycles. The van der Waals surface area contributed by atoms with Crippen molar-refractivity contribution in [3.05, 3.63) is 107 Å². The Morgan fingerprint density at radius 3 is 1.82 bits per heavy atom. The molecule has 2 atom stereocenters. The molecular weight excluding hydrogens is 681 g/mol. The maximum absolute atomic E-state index is 15.2. The molecule has 49 heavy (non-hydrogen) atoms. The predicted octanol–water partition coefficient (Wildman–Crippen LogP) is 10.4. The van der Waals surface area contributed by atoms with Crippen LogP contribution in [-0.4, -0.2) is 26.2 Å². The van der Waals surface area contributed by atoms with E-state index in [4.69, 9.17) is 9.47 Å². The summed E-state index contributed by atoms with van der Waals surface area (Å²) in [4.78, 5) is 0. The molecule has 0 radical (unpaired) electrons. The Morgan fingerprint density at radius 1 is 0.673 bits per heavy atom. The van der Waals surface area contributed by atoms with Gasteiger partial charge in [-0.05, 0) is 60.7 Å². The van der Waals surface area contributed by atoms with E-state index in [1.54, 1.807) is 6.07 Å². The summed E-state index contributed by atoms with van der Waals surface area (Å²) in [6.45, 7) is 3.50. The van der Waals surface area contributed by atoms with E-state index in [2.05, 4.69) is 9.47 Å².